The van der Waals surface area contributed by atoms with Crippen molar-refractivity contribution in [2.45, 2.75) is 13.3 Å². The number of hydrogen-bond donors (Lipinski definition) is 1. The Hall–Kier alpha value is -3.68. The van der Waals surface area contributed by atoms with Gasteiger partial charge in [0.25, 0.3) is 11.5 Å². The lowest BCUT2D eigenvalue weighted by Crippen LogP contribution is -2.26. The quantitative estimate of drug-likeness (QED) is 0.648. The molecule has 150 valence electrons. The third kappa shape index (κ3) is 4.43. The minimum absolute atomic E-state index is 0.103. The van der Waals surface area contributed by atoms with Gasteiger partial charge in [-0.15, -0.1) is 0 Å². The van der Waals surface area contributed by atoms with E-state index in [1.54, 1.807) is 49.0 Å². The number of para-hydroxylation sites is 1. The largest absolute Gasteiger partial charge is 0.455 e. The van der Waals surface area contributed by atoms with Crippen LogP contribution in [0.3, 0.4) is 0 Å². The number of carbonyl (C=O) groups excluding carboxylic acids is 2. The van der Waals surface area contributed by atoms with Crippen LogP contribution < -0.4 is 10.9 Å². The zero-order chi connectivity index (χ0) is 21.0. The number of esters is 1. The molecule has 8 heteroatoms. The van der Waals surface area contributed by atoms with Gasteiger partial charge in [0.2, 0.25) is 0 Å². The van der Waals surface area contributed by atoms with Gasteiger partial charge in [0, 0.05) is 7.05 Å². The number of halogens is 1. The highest BCUT2D eigenvalue weighted by atomic mass is 19.1. The molecule has 0 unspecified atom stereocenters. The summed E-state index contributed by atoms with van der Waals surface area (Å²) in [5, 5.41) is 2.50. The average Bonchev–Trinajstić information content (AvgIpc) is 2.92. The number of aromatic nitrogens is 2. The van der Waals surface area contributed by atoms with Crippen molar-refractivity contribution in [2.24, 2.45) is 7.05 Å². The molecule has 0 aliphatic rings. The molecule has 0 aliphatic heterocycles. The van der Waals surface area contributed by atoms with Gasteiger partial charge in [-0.05, 0) is 30.7 Å². The van der Waals surface area contributed by atoms with Crippen molar-refractivity contribution >= 4 is 17.6 Å². The topological polar surface area (TPSA) is 82.3 Å². The SMILES string of the molecule is Cc1c(NC(=O)COC(=O)Cc2ccccc2F)c(=O)n(-c2ccccc2)n1C. The molecule has 1 aromatic heterocycles. The summed E-state index contributed by atoms with van der Waals surface area (Å²) < 4.78 is 21.5. The van der Waals surface area contributed by atoms with Crippen molar-refractivity contribution in [3.63, 3.8) is 0 Å². The molecular formula is C21H20FN3O4. The van der Waals surface area contributed by atoms with Gasteiger partial charge < -0.3 is 10.1 Å². The highest BCUT2D eigenvalue weighted by Crippen LogP contribution is 2.14. The van der Waals surface area contributed by atoms with Crippen LogP contribution in [0.4, 0.5) is 10.1 Å². The number of carbonyl (C=O) groups is 2. The number of rotatable bonds is 6. The molecule has 3 aromatic rings. The monoisotopic (exact) mass is 397 g/mol. The molecule has 29 heavy (non-hydrogen) atoms. The molecule has 3 rings (SSSR count). The Morgan fingerprint density at radius 3 is 2.41 bits per heavy atom. The van der Waals surface area contributed by atoms with Gasteiger partial charge in [-0.1, -0.05) is 36.4 Å². The fourth-order valence-corrected chi connectivity index (χ4v) is 2.88. The van der Waals surface area contributed by atoms with Crippen LogP contribution in [-0.2, 0) is 27.8 Å². The maximum absolute atomic E-state index is 13.6. The normalized spacial score (nSPS) is 10.6. The molecule has 0 aliphatic carbocycles. The maximum Gasteiger partial charge on any atom is 0.310 e. The molecule has 0 atom stereocenters. The van der Waals surface area contributed by atoms with Gasteiger partial charge in [0.15, 0.2) is 6.61 Å². The van der Waals surface area contributed by atoms with E-state index in [2.05, 4.69) is 5.32 Å². The van der Waals surface area contributed by atoms with Crippen LogP contribution in [0.5, 0.6) is 0 Å². The van der Waals surface area contributed by atoms with Gasteiger partial charge >= 0.3 is 5.97 Å². The van der Waals surface area contributed by atoms with E-state index in [4.69, 9.17) is 4.74 Å². The van der Waals surface area contributed by atoms with Crippen molar-refractivity contribution in [1.29, 1.82) is 0 Å². The summed E-state index contributed by atoms with van der Waals surface area (Å²) in [6.07, 6.45) is -0.287. The van der Waals surface area contributed by atoms with Crippen molar-refractivity contribution < 1.29 is 18.7 Å². The highest BCUT2D eigenvalue weighted by molar-refractivity contribution is 5.93. The van der Waals surface area contributed by atoms with E-state index in [9.17, 15) is 18.8 Å². The van der Waals surface area contributed by atoms with Crippen LogP contribution >= 0.6 is 0 Å². The predicted molar refractivity (Wildman–Crippen MR) is 105 cm³/mol. The molecule has 1 heterocycles. The van der Waals surface area contributed by atoms with Crippen molar-refractivity contribution in [3.8, 4) is 5.69 Å². The van der Waals surface area contributed by atoms with Crippen LogP contribution in [-0.4, -0.2) is 27.8 Å². The van der Waals surface area contributed by atoms with Crippen LogP contribution in [0.2, 0.25) is 0 Å². The molecule has 0 saturated carbocycles. The Bertz CT molecular complexity index is 1100. The number of benzene rings is 2. The van der Waals surface area contributed by atoms with E-state index in [-0.39, 0.29) is 17.7 Å². The van der Waals surface area contributed by atoms with E-state index in [0.717, 1.165) is 0 Å². The zero-order valence-corrected chi connectivity index (χ0v) is 16.0. The lowest BCUT2D eigenvalue weighted by Gasteiger charge is -2.07. The second kappa shape index (κ2) is 8.55. The lowest BCUT2D eigenvalue weighted by atomic mass is 10.1. The van der Waals surface area contributed by atoms with Crippen molar-refractivity contribution in [3.05, 3.63) is 82.0 Å². The summed E-state index contributed by atoms with van der Waals surface area (Å²) >= 11 is 0. The molecule has 0 bridgehead atoms. The molecule has 0 saturated heterocycles. The van der Waals surface area contributed by atoms with Gasteiger partial charge in [0.1, 0.15) is 11.5 Å². The summed E-state index contributed by atoms with van der Waals surface area (Å²) in [6, 6.07) is 14.8. The number of nitrogens with zero attached hydrogens (tertiary/aromatic N) is 2. The first-order valence-corrected chi connectivity index (χ1v) is 8.91. The third-order valence-corrected chi connectivity index (χ3v) is 4.48. The zero-order valence-electron chi connectivity index (χ0n) is 16.0. The van der Waals surface area contributed by atoms with Crippen LogP contribution in [0.15, 0.2) is 59.4 Å². The standard InChI is InChI=1S/C21H20FN3O4/c1-14-20(21(28)25(24(14)2)16-9-4-3-5-10-16)23-18(26)13-29-19(27)12-15-8-6-7-11-17(15)22/h3-11H,12-13H2,1-2H3,(H,23,26). The molecule has 0 fully saturated rings. The number of amides is 1. The number of ether oxygens (including phenoxy) is 1. The van der Waals surface area contributed by atoms with E-state index < -0.39 is 29.9 Å². The maximum atomic E-state index is 13.6. The van der Waals surface area contributed by atoms with Gasteiger partial charge in [-0.2, -0.15) is 0 Å². The Morgan fingerprint density at radius 2 is 1.72 bits per heavy atom. The predicted octanol–water partition coefficient (Wildman–Crippen LogP) is 2.35. The Kier molecular flexibility index (Phi) is 5.92. The first kappa shape index (κ1) is 20.1. The van der Waals surface area contributed by atoms with Gasteiger partial charge in [0.05, 0.1) is 17.8 Å². The third-order valence-electron chi connectivity index (χ3n) is 4.48. The molecule has 0 radical (unpaired) electrons. The first-order chi connectivity index (χ1) is 13.9. The van der Waals surface area contributed by atoms with Crippen LogP contribution in [0.1, 0.15) is 11.3 Å². The highest BCUT2D eigenvalue weighted by Gasteiger charge is 2.19. The summed E-state index contributed by atoms with van der Waals surface area (Å²) in [4.78, 5) is 36.8. The Balaban J connectivity index is 1.66. The minimum atomic E-state index is -0.739. The Labute approximate surface area is 166 Å². The van der Waals surface area contributed by atoms with E-state index in [1.165, 1.54) is 22.9 Å². The first-order valence-electron chi connectivity index (χ1n) is 8.91. The summed E-state index contributed by atoms with van der Waals surface area (Å²) in [5.74, 6) is -1.91. The molecule has 1 amide bonds. The number of nitrogens with one attached hydrogen (secondary N) is 1. The summed E-state index contributed by atoms with van der Waals surface area (Å²) in [5.41, 5.74) is 1.08. The van der Waals surface area contributed by atoms with Crippen molar-refractivity contribution in [2.75, 3.05) is 11.9 Å². The van der Waals surface area contributed by atoms with Gasteiger partial charge in [-0.25, -0.2) is 9.07 Å². The molecular weight excluding hydrogens is 377 g/mol. The van der Waals surface area contributed by atoms with Gasteiger partial charge in [-0.3, -0.25) is 19.1 Å². The summed E-state index contributed by atoms with van der Waals surface area (Å²) in [7, 11) is 1.70. The summed E-state index contributed by atoms with van der Waals surface area (Å²) in [6.45, 7) is 1.12. The van der Waals surface area contributed by atoms with E-state index in [1.807, 2.05) is 6.07 Å². The van der Waals surface area contributed by atoms with Crippen LogP contribution in [0, 0.1) is 12.7 Å². The molecule has 0 spiro atoms. The van der Waals surface area contributed by atoms with E-state index >= 15 is 0 Å². The Morgan fingerprint density at radius 1 is 1.07 bits per heavy atom. The molecule has 1 N–H and O–H groups in total. The molecule has 2 aromatic carbocycles. The number of anilines is 1. The second-order valence-electron chi connectivity index (χ2n) is 6.41. The fraction of sp³-hybridized carbons (Fsp3) is 0.190. The van der Waals surface area contributed by atoms with Crippen LogP contribution in [0.25, 0.3) is 5.69 Å². The second-order valence-corrected chi connectivity index (χ2v) is 6.41. The smallest absolute Gasteiger partial charge is 0.310 e. The van der Waals surface area contributed by atoms with Crippen molar-refractivity contribution in [1.82, 2.24) is 9.36 Å². The number of hydrogen-bond acceptors (Lipinski definition) is 4. The van der Waals surface area contributed by atoms with E-state index in [0.29, 0.717) is 11.4 Å². The fourth-order valence-electron chi connectivity index (χ4n) is 2.88. The average molecular weight is 397 g/mol. The molecule has 7 nitrogen and oxygen atoms in total. The lowest BCUT2D eigenvalue weighted by molar-refractivity contribution is -0.146. The minimum Gasteiger partial charge on any atom is -0.455 e.